The summed E-state index contributed by atoms with van der Waals surface area (Å²) in [6.45, 7) is 1.95. The Hall–Kier alpha value is -1.95. The lowest BCUT2D eigenvalue weighted by Crippen LogP contribution is -2.28. The molecule has 0 radical (unpaired) electrons. The zero-order valence-electron chi connectivity index (χ0n) is 15.2. The molecule has 1 saturated heterocycles. The van der Waals surface area contributed by atoms with Gasteiger partial charge in [-0.25, -0.2) is 4.98 Å². The third-order valence-corrected chi connectivity index (χ3v) is 5.63. The molecule has 2 aromatic rings. The Morgan fingerprint density at radius 3 is 2.67 bits per heavy atom. The van der Waals surface area contributed by atoms with Crippen molar-refractivity contribution in [2.45, 2.75) is 19.3 Å². The first-order valence-electron chi connectivity index (χ1n) is 9.31. The lowest BCUT2D eigenvalue weighted by atomic mass is 9.91. The van der Waals surface area contributed by atoms with Gasteiger partial charge in [0.15, 0.2) is 5.78 Å². The normalized spacial score (nSPS) is 20.1. The first kappa shape index (κ1) is 19.8. The highest BCUT2D eigenvalue weighted by Gasteiger charge is 2.32. The van der Waals surface area contributed by atoms with Crippen molar-refractivity contribution in [3.05, 3.63) is 58.9 Å². The summed E-state index contributed by atoms with van der Waals surface area (Å²) in [6.07, 6.45) is 4.21. The number of aromatic hydroxyl groups is 1. The standard InChI is InChI=1S/C21H25ClN2O3/c22-19-7-2-1-4-15(19)5-3-6-16-11-24(12-17(16)14-25)13-21(27)20-9-8-18(26)10-23-20/h1-2,4,7-10,16-17,25-26H,3,5-6,11-14H2/t16-,17-/m1/s1. The molecule has 0 saturated carbocycles. The Bertz CT molecular complexity index is 766. The lowest BCUT2D eigenvalue weighted by Gasteiger charge is -2.16. The Balaban J connectivity index is 1.51. The van der Waals surface area contributed by atoms with Gasteiger partial charge in [-0.3, -0.25) is 9.69 Å². The van der Waals surface area contributed by atoms with Gasteiger partial charge in [-0.05, 0) is 54.9 Å². The van der Waals surface area contributed by atoms with Crippen molar-refractivity contribution in [3.63, 3.8) is 0 Å². The van der Waals surface area contributed by atoms with Crippen molar-refractivity contribution in [1.82, 2.24) is 9.88 Å². The van der Waals surface area contributed by atoms with Crippen LogP contribution in [-0.4, -0.2) is 52.1 Å². The molecule has 0 spiro atoms. The van der Waals surface area contributed by atoms with Gasteiger partial charge in [0.2, 0.25) is 0 Å². The Morgan fingerprint density at radius 1 is 1.19 bits per heavy atom. The summed E-state index contributed by atoms with van der Waals surface area (Å²) in [6, 6.07) is 10.9. The highest BCUT2D eigenvalue weighted by Crippen LogP contribution is 2.28. The number of pyridine rings is 1. The number of benzene rings is 1. The zero-order chi connectivity index (χ0) is 19.2. The van der Waals surface area contributed by atoms with Crippen molar-refractivity contribution >= 4 is 17.4 Å². The third-order valence-electron chi connectivity index (χ3n) is 5.27. The first-order chi connectivity index (χ1) is 13.1. The van der Waals surface area contributed by atoms with Gasteiger partial charge >= 0.3 is 0 Å². The van der Waals surface area contributed by atoms with Crippen LogP contribution >= 0.6 is 11.6 Å². The highest BCUT2D eigenvalue weighted by atomic mass is 35.5. The van der Waals surface area contributed by atoms with Crippen molar-refractivity contribution < 1.29 is 15.0 Å². The van der Waals surface area contributed by atoms with Crippen LogP contribution in [-0.2, 0) is 6.42 Å². The number of rotatable bonds is 8. The number of nitrogens with zero attached hydrogens (tertiary/aromatic N) is 2. The molecule has 2 atom stereocenters. The number of aryl methyl sites for hydroxylation is 1. The van der Waals surface area contributed by atoms with Gasteiger partial charge in [-0.2, -0.15) is 0 Å². The van der Waals surface area contributed by atoms with E-state index in [1.54, 1.807) is 6.07 Å². The van der Waals surface area contributed by atoms with Crippen LogP contribution in [0.5, 0.6) is 5.75 Å². The molecule has 1 aromatic heterocycles. The molecule has 0 amide bonds. The average Bonchev–Trinajstić information content (AvgIpc) is 3.05. The second kappa shape index (κ2) is 9.31. The molecular weight excluding hydrogens is 364 g/mol. The van der Waals surface area contributed by atoms with E-state index in [-0.39, 0.29) is 30.6 Å². The van der Waals surface area contributed by atoms with E-state index in [1.807, 2.05) is 18.2 Å². The van der Waals surface area contributed by atoms with Crippen LogP contribution in [0.2, 0.25) is 5.02 Å². The monoisotopic (exact) mass is 388 g/mol. The molecule has 0 unspecified atom stereocenters. The number of hydrogen-bond acceptors (Lipinski definition) is 5. The number of likely N-dealkylation sites (tertiary alicyclic amines) is 1. The number of aliphatic hydroxyl groups excluding tert-OH is 1. The predicted octanol–water partition coefficient (Wildman–Crippen LogP) is 3.19. The molecule has 2 N–H and O–H groups in total. The fourth-order valence-electron chi connectivity index (χ4n) is 3.79. The summed E-state index contributed by atoms with van der Waals surface area (Å²) in [7, 11) is 0. The van der Waals surface area contributed by atoms with E-state index in [9.17, 15) is 15.0 Å². The molecule has 1 aliphatic heterocycles. The van der Waals surface area contributed by atoms with Crippen LogP contribution in [0, 0.1) is 11.8 Å². The largest absolute Gasteiger partial charge is 0.506 e. The number of ketones is 1. The van der Waals surface area contributed by atoms with Crippen LogP contribution in [0.15, 0.2) is 42.6 Å². The van der Waals surface area contributed by atoms with Gasteiger partial charge < -0.3 is 10.2 Å². The van der Waals surface area contributed by atoms with Gasteiger partial charge in [0.1, 0.15) is 11.4 Å². The molecule has 27 heavy (non-hydrogen) atoms. The summed E-state index contributed by atoms with van der Waals surface area (Å²) in [5.74, 6) is 0.546. The summed E-state index contributed by atoms with van der Waals surface area (Å²) in [4.78, 5) is 18.5. The molecular formula is C21H25ClN2O3. The maximum atomic E-state index is 12.4. The van der Waals surface area contributed by atoms with E-state index in [2.05, 4.69) is 16.0 Å². The molecule has 0 aliphatic carbocycles. The van der Waals surface area contributed by atoms with E-state index >= 15 is 0 Å². The molecule has 6 heteroatoms. The van der Waals surface area contributed by atoms with E-state index in [0.717, 1.165) is 42.9 Å². The van der Waals surface area contributed by atoms with Crippen LogP contribution < -0.4 is 0 Å². The SMILES string of the molecule is O=C(CN1C[C@@H](CCCc2ccccc2Cl)[C@@H](CO)C1)c1ccc(O)cn1. The lowest BCUT2D eigenvalue weighted by molar-refractivity contribution is 0.0935. The Kier molecular flexibility index (Phi) is 6.83. The van der Waals surface area contributed by atoms with Crippen LogP contribution in [0.1, 0.15) is 28.9 Å². The van der Waals surface area contributed by atoms with Crippen molar-refractivity contribution in [1.29, 1.82) is 0 Å². The number of aromatic nitrogens is 1. The van der Waals surface area contributed by atoms with Crippen LogP contribution in [0.25, 0.3) is 0 Å². The maximum absolute atomic E-state index is 12.4. The van der Waals surface area contributed by atoms with E-state index < -0.39 is 0 Å². The fraction of sp³-hybridized carbons (Fsp3) is 0.429. The molecule has 1 aromatic carbocycles. The third kappa shape index (κ3) is 5.28. The predicted molar refractivity (Wildman–Crippen MR) is 105 cm³/mol. The van der Waals surface area contributed by atoms with E-state index in [0.29, 0.717) is 11.6 Å². The van der Waals surface area contributed by atoms with Gasteiger partial charge in [-0.1, -0.05) is 29.8 Å². The molecule has 1 aliphatic rings. The smallest absolute Gasteiger partial charge is 0.195 e. The van der Waals surface area contributed by atoms with E-state index in [1.165, 1.54) is 12.3 Å². The zero-order valence-corrected chi connectivity index (χ0v) is 16.0. The minimum Gasteiger partial charge on any atom is -0.506 e. The van der Waals surface area contributed by atoms with Crippen molar-refractivity contribution in [2.75, 3.05) is 26.2 Å². The van der Waals surface area contributed by atoms with Crippen molar-refractivity contribution in [2.24, 2.45) is 11.8 Å². The fourth-order valence-corrected chi connectivity index (χ4v) is 4.02. The topological polar surface area (TPSA) is 73.7 Å². The summed E-state index contributed by atoms with van der Waals surface area (Å²) in [5.41, 5.74) is 1.51. The average molecular weight is 389 g/mol. The number of halogens is 1. The molecule has 2 heterocycles. The Morgan fingerprint density at radius 2 is 1.96 bits per heavy atom. The minimum atomic E-state index is -0.0663. The quantitative estimate of drug-likeness (QED) is 0.679. The number of Topliss-reactive ketones (excluding diaryl/α,β-unsaturated/α-hetero) is 1. The van der Waals surface area contributed by atoms with Crippen LogP contribution in [0.4, 0.5) is 0 Å². The minimum absolute atomic E-state index is 0.0478. The first-order valence-corrected chi connectivity index (χ1v) is 9.69. The molecule has 0 bridgehead atoms. The Labute approximate surface area is 164 Å². The van der Waals surface area contributed by atoms with E-state index in [4.69, 9.17) is 11.6 Å². The molecule has 144 valence electrons. The second-order valence-corrected chi connectivity index (χ2v) is 7.61. The van der Waals surface area contributed by atoms with Crippen LogP contribution in [0.3, 0.4) is 0 Å². The molecule has 1 fully saturated rings. The summed E-state index contributed by atoms with van der Waals surface area (Å²) < 4.78 is 0. The highest BCUT2D eigenvalue weighted by molar-refractivity contribution is 6.31. The second-order valence-electron chi connectivity index (χ2n) is 7.21. The van der Waals surface area contributed by atoms with Crippen molar-refractivity contribution in [3.8, 4) is 5.75 Å². The maximum Gasteiger partial charge on any atom is 0.195 e. The number of hydrogen-bond donors (Lipinski definition) is 2. The van der Waals surface area contributed by atoms with Gasteiger partial charge in [0.05, 0.1) is 12.7 Å². The number of carbonyl (C=O) groups is 1. The summed E-state index contributed by atoms with van der Waals surface area (Å²) >= 11 is 6.22. The molecule has 5 nitrogen and oxygen atoms in total. The van der Waals surface area contributed by atoms with Gasteiger partial charge in [0, 0.05) is 24.7 Å². The van der Waals surface area contributed by atoms with Gasteiger partial charge in [-0.15, -0.1) is 0 Å². The van der Waals surface area contributed by atoms with Gasteiger partial charge in [0.25, 0.3) is 0 Å². The number of aliphatic hydroxyl groups is 1. The molecule has 3 rings (SSSR count). The number of carbonyl (C=O) groups excluding carboxylic acids is 1. The summed E-state index contributed by atoms with van der Waals surface area (Å²) in [5, 5.41) is 19.8.